The van der Waals surface area contributed by atoms with E-state index >= 15 is 0 Å². The van der Waals surface area contributed by atoms with Crippen LogP contribution in [0.2, 0.25) is 0 Å². The first kappa shape index (κ1) is 14.6. The molecule has 0 aliphatic carbocycles. The number of aliphatic hydroxyl groups is 2. The lowest BCUT2D eigenvalue weighted by Gasteiger charge is -2.27. The Morgan fingerprint density at radius 2 is 1.87 bits per heavy atom. The summed E-state index contributed by atoms with van der Waals surface area (Å²) in [4.78, 5) is 0. The van der Waals surface area contributed by atoms with Gasteiger partial charge < -0.3 is 14.9 Å². The molecule has 0 aromatic carbocycles. The van der Waals surface area contributed by atoms with Crippen LogP contribution in [-0.2, 0) is 4.74 Å². The summed E-state index contributed by atoms with van der Waals surface area (Å²) >= 11 is 0. The highest BCUT2D eigenvalue weighted by molar-refractivity contribution is 4.98. The van der Waals surface area contributed by atoms with Crippen molar-refractivity contribution in [2.45, 2.75) is 52.9 Å². The van der Waals surface area contributed by atoms with Gasteiger partial charge in [0, 0.05) is 5.41 Å². The molecule has 2 atom stereocenters. The van der Waals surface area contributed by atoms with Crippen molar-refractivity contribution in [2.24, 2.45) is 5.41 Å². The maximum absolute atomic E-state index is 9.86. The van der Waals surface area contributed by atoms with E-state index in [2.05, 4.69) is 6.92 Å². The van der Waals surface area contributed by atoms with Gasteiger partial charge in [-0.2, -0.15) is 0 Å². The summed E-state index contributed by atoms with van der Waals surface area (Å²) in [7, 11) is 0. The molecule has 0 fully saturated rings. The van der Waals surface area contributed by atoms with Crippen molar-refractivity contribution in [1.29, 1.82) is 0 Å². The molecule has 3 heteroatoms. The third-order valence-corrected chi connectivity index (χ3v) is 2.44. The fraction of sp³-hybridized carbons (Fsp3) is 0.833. The molecule has 0 bridgehead atoms. The number of hydrogen-bond acceptors (Lipinski definition) is 3. The highest BCUT2D eigenvalue weighted by Gasteiger charge is 2.25. The van der Waals surface area contributed by atoms with Crippen molar-refractivity contribution in [3.63, 3.8) is 0 Å². The summed E-state index contributed by atoms with van der Waals surface area (Å²) in [6.45, 7) is 7.95. The molecule has 2 unspecified atom stereocenters. The standard InChI is InChI=1S/C12H24O3/c1-5-7-8-12(3,4)10(13)9-15-11(14)6-2/h7-8,10-11,13-14H,5-6,9H2,1-4H3/b8-7-. The maximum atomic E-state index is 9.86. The van der Waals surface area contributed by atoms with Crippen molar-refractivity contribution >= 4 is 0 Å². The summed E-state index contributed by atoms with van der Waals surface area (Å²) in [5.74, 6) is 0. The zero-order chi connectivity index (χ0) is 11.9. The molecule has 0 aromatic heterocycles. The smallest absolute Gasteiger partial charge is 0.154 e. The molecule has 0 aliphatic heterocycles. The van der Waals surface area contributed by atoms with Gasteiger partial charge >= 0.3 is 0 Å². The zero-order valence-electron chi connectivity index (χ0n) is 10.2. The summed E-state index contributed by atoms with van der Waals surface area (Å²) in [5, 5.41) is 19.1. The van der Waals surface area contributed by atoms with Gasteiger partial charge in [-0.05, 0) is 12.8 Å². The average Bonchev–Trinajstić information content (AvgIpc) is 2.22. The van der Waals surface area contributed by atoms with Crippen LogP contribution in [0.5, 0.6) is 0 Å². The minimum atomic E-state index is -0.773. The molecule has 0 amide bonds. The molecular formula is C12H24O3. The van der Waals surface area contributed by atoms with Crippen LogP contribution in [0.4, 0.5) is 0 Å². The minimum Gasteiger partial charge on any atom is -0.390 e. The third-order valence-electron chi connectivity index (χ3n) is 2.44. The van der Waals surface area contributed by atoms with Crippen LogP contribution >= 0.6 is 0 Å². The molecule has 0 heterocycles. The normalized spacial score (nSPS) is 16.9. The van der Waals surface area contributed by atoms with Crippen molar-refractivity contribution in [3.8, 4) is 0 Å². The fourth-order valence-corrected chi connectivity index (χ4v) is 1.07. The van der Waals surface area contributed by atoms with Gasteiger partial charge in [0.2, 0.25) is 0 Å². The van der Waals surface area contributed by atoms with Crippen molar-refractivity contribution < 1.29 is 14.9 Å². The molecule has 90 valence electrons. The first-order valence-corrected chi connectivity index (χ1v) is 5.59. The number of aliphatic hydroxyl groups excluding tert-OH is 2. The Balaban J connectivity index is 4.06. The van der Waals surface area contributed by atoms with E-state index in [1.54, 1.807) is 0 Å². The van der Waals surface area contributed by atoms with Crippen molar-refractivity contribution in [3.05, 3.63) is 12.2 Å². The Bertz CT molecular complexity index is 187. The fourth-order valence-electron chi connectivity index (χ4n) is 1.07. The summed E-state index contributed by atoms with van der Waals surface area (Å²) in [6.07, 6.45) is 4.14. The first-order valence-electron chi connectivity index (χ1n) is 5.59. The van der Waals surface area contributed by atoms with E-state index in [9.17, 15) is 10.2 Å². The third kappa shape index (κ3) is 5.92. The van der Waals surface area contributed by atoms with Gasteiger partial charge in [-0.25, -0.2) is 0 Å². The Hall–Kier alpha value is -0.380. The Labute approximate surface area is 92.8 Å². The highest BCUT2D eigenvalue weighted by atomic mass is 16.6. The number of allylic oxidation sites excluding steroid dienone is 1. The predicted octanol–water partition coefficient (Wildman–Crippen LogP) is 2.08. The topological polar surface area (TPSA) is 49.7 Å². The van der Waals surface area contributed by atoms with E-state index in [-0.39, 0.29) is 12.0 Å². The van der Waals surface area contributed by atoms with Gasteiger partial charge in [0.15, 0.2) is 6.29 Å². The molecule has 3 nitrogen and oxygen atoms in total. The molecule has 0 rings (SSSR count). The summed E-state index contributed by atoms with van der Waals surface area (Å²) in [6, 6.07) is 0. The largest absolute Gasteiger partial charge is 0.390 e. The zero-order valence-corrected chi connectivity index (χ0v) is 10.2. The summed E-state index contributed by atoms with van der Waals surface area (Å²) < 4.78 is 5.09. The second kappa shape index (κ2) is 6.99. The van der Waals surface area contributed by atoms with Crippen molar-refractivity contribution in [2.75, 3.05) is 6.61 Å². The maximum Gasteiger partial charge on any atom is 0.154 e. The van der Waals surface area contributed by atoms with Gasteiger partial charge in [-0.1, -0.05) is 39.8 Å². The molecule has 2 N–H and O–H groups in total. The number of ether oxygens (including phenoxy) is 1. The van der Waals surface area contributed by atoms with Crippen LogP contribution in [0.1, 0.15) is 40.5 Å². The van der Waals surface area contributed by atoms with Gasteiger partial charge in [-0.15, -0.1) is 0 Å². The lowest BCUT2D eigenvalue weighted by molar-refractivity contribution is -0.133. The number of rotatable bonds is 7. The van der Waals surface area contributed by atoms with Crippen LogP contribution in [0.15, 0.2) is 12.2 Å². The molecule has 0 radical (unpaired) electrons. The van der Waals surface area contributed by atoms with Gasteiger partial charge in [-0.3, -0.25) is 0 Å². The lowest BCUT2D eigenvalue weighted by Crippen LogP contribution is -2.33. The van der Waals surface area contributed by atoms with E-state index in [0.29, 0.717) is 6.42 Å². The Morgan fingerprint density at radius 3 is 2.33 bits per heavy atom. The van der Waals surface area contributed by atoms with Crippen LogP contribution < -0.4 is 0 Å². The average molecular weight is 216 g/mol. The van der Waals surface area contributed by atoms with Gasteiger partial charge in [0.05, 0.1) is 12.7 Å². The van der Waals surface area contributed by atoms with E-state index in [4.69, 9.17) is 4.74 Å². The summed E-state index contributed by atoms with van der Waals surface area (Å²) in [5.41, 5.74) is -0.316. The molecular weight excluding hydrogens is 192 g/mol. The number of hydrogen-bond donors (Lipinski definition) is 2. The SMILES string of the molecule is CC/C=C\C(C)(C)C(O)COC(O)CC. The van der Waals surface area contributed by atoms with Crippen LogP contribution in [-0.4, -0.2) is 29.2 Å². The predicted molar refractivity (Wildman–Crippen MR) is 61.5 cm³/mol. The molecule has 15 heavy (non-hydrogen) atoms. The van der Waals surface area contributed by atoms with E-state index in [0.717, 1.165) is 6.42 Å². The first-order chi connectivity index (χ1) is 6.94. The second-order valence-electron chi connectivity index (χ2n) is 4.34. The highest BCUT2D eigenvalue weighted by Crippen LogP contribution is 2.23. The van der Waals surface area contributed by atoms with Crippen molar-refractivity contribution in [1.82, 2.24) is 0 Å². The van der Waals surface area contributed by atoms with Crippen LogP contribution in [0.25, 0.3) is 0 Å². The van der Waals surface area contributed by atoms with Crippen LogP contribution in [0, 0.1) is 5.41 Å². The van der Waals surface area contributed by atoms with Gasteiger partial charge in [0.1, 0.15) is 0 Å². The monoisotopic (exact) mass is 216 g/mol. The molecule has 0 aromatic rings. The van der Waals surface area contributed by atoms with E-state index in [1.807, 2.05) is 32.9 Å². The second-order valence-corrected chi connectivity index (χ2v) is 4.34. The molecule has 0 saturated heterocycles. The Morgan fingerprint density at radius 1 is 1.27 bits per heavy atom. The van der Waals surface area contributed by atoms with Crippen LogP contribution in [0.3, 0.4) is 0 Å². The molecule has 0 aliphatic rings. The van der Waals surface area contributed by atoms with Gasteiger partial charge in [0.25, 0.3) is 0 Å². The van der Waals surface area contributed by atoms with E-state index in [1.165, 1.54) is 0 Å². The van der Waals surface area contributed by atoms with E-state index < -0.39 is 12.4 Å². The lowest BCUT2D eigenvalue weighted by atomic mass is 9.86. The Kier molecular flexibility index (Phi) is 6.81. The molecule has 0 saturated carbocycles. The molecule has 0 spiro atoms. The quantitative estimate of drug-likeness (QED) is 0.506. The minimum absolute atomic E-state index is 0.163.